The van der Waals surface area contributed by atoms with Gasteiger partial charge in [0.05, 0.1) is 12.7 Å². The number of rotatable bonds is 8. The first kappa shape index (κ1) is 32.2. The Bertz CT molecular complexity index is 412. The van der Waals surface area contributed by atoms with E-state index in [1.807, 2.05) is 41.5 Å². The van der Waals surface area contributed by atoms with Crippen LogP contribution >= 0.6 is 0 Å². The van der Waals surface area contributed by atoms with Crippen molar-refractivity contribution in [3.63, 3.8) is 0 Å². The molecule has 0 spiro atoms. The van der Waals surface area contributed by atoms with Crippen molar-refractivity contribution in [1.82, 2.24) is 5.32 Å². The minimum atomic E-state index is 0.0925. The molecule has 2 fully saturated rings. The number of hydrogen-bond acceptors (Lipinski definition) is 4. The van der Waals surface area contributed by atoms with Crippen molar-refractivity contribution < 1.29 is 19.1 Å². The van der Waals surface area contributed by atoms with E-state index in [-0.39, 0.29) is 17.9 Å². The largest absolute Gasteiger partial charge is 0.382 e. The van der Waals surface area contributed by atoms with Crippen molar-refractivity contribution in [2.45, 2.75) is 125 Å². The van der Waals surface area contributed by atoms with Crippen LogP contribution in [0.1, 0.15) is 113 Å². The van der Waals surface area contributed by atoms with Crippen LogP contribution in [0.3, 0.4) is 0 Å². The average molecular weight is 444 g/mol. The van der Waals surface area contributed by atoms with Crippen LogP contribution in [0, 0.1) is 11.8 Å². The second kappa shape index (κ2) is 22.3. The van der Waals surface area contributed by atoms with E-state index >= 15 is 0 Å². The number of amides is 1. The van der Waals surface area contributed by atoms with Gasteiger partial charge in [0, 0.05) is 32.1 Å². The van der Waals surface area contributed by atoms with Gasteiger partial charge in [0.1, 0.15) is 5.78 Å². The molecule has 0 aromatic rings. The molecule has 0 aromatic heterocycles. The molecule has 0 atom stereocenters. The van der Waals surface area contributed by atoms with Crippen LogP contribution in [0.4, 0.5) is 0 Å². The molecular formula is C26H53NO4. The van der Waals surface area contributed by atoms with Gasteiger partial charge in [-0.25, -0.2) is 0 Å². The van der Waals surface area contributed by atoms with Crippen LogP contribution in [0.25, 0.3) is 0 Å². The molecule has 1 N–H and O–H groups in total. The maximum Gasteiger partial charge on any atom is 0.222 e. The van der Waals surface area contributed by atoms with Crippen LogP contribution in [-0.4, -0.2) is 44.2 Å². The van der Waals surface area contributed by atoms with E-state index < -0.39 is 0 Å². The SMILES string of the molecule is CC.CC.CC(=O)C1CCC(NC(=O)CCOCC2CCCCC2)CC1.COC(C)C. The van der Waals surface area contributed by atoms with Gasteiger partial charge in [0.25, 0.3) is 0 Å². The predicted molar refractivity (Wildman–Crippen MR) is 131 cm³/mol. The first-order valence-corrected chi connectivity index (χ1v) is 12.8. The molecule has 0 unspecified atom stereocenters. The Kier molecular flexibility index (Phi) is 23.2. The third-order valence-electron chi connectivity index (χ3n) is 5.69. The molecule has 186 valence electrons. The number of nitrogens with one attached hydrogen (secondary N) is 1. The van der Waals surface area contributed by atoms with Gasteiger partial charge in [-0.05, 0) is 65.2 Å². The lowest BCUT2D eigenvalue weighted by molar-refractivity contribution is -0.123. The van der Waals surface area contributed by atoms with Gasteiger partial charge in [0.15, 0.2) is 0 Å². The minimum Gasteiger partial charge on any atom is -0.382 e. The zero-order chi connectivity index (χ0) is 24.1. The van der Waals surface area contributed by atoms with Crippen molar-refractivity contribution in [2.24, 2.45) is 11.8 Å². The first-order chi connectivity index (χ1) is 14.9. The Morgan fingerprint density at radius 2 is 1.42 bits per heavy atom. The molecule has 2 saturated carbocycles. The van der Waals surface area contributed by atoms with Gasteiger partial charge in [-0.3, -0.25) is 9.59 Å². The van der Waals surface area contributed by atoms with E-state index in [2.05, 4.69) is 5.32 Å². The monoisotopic (exact) mass is 443 g/mol. The summed E-state index contributed by atoms with van der Waals surface area (Å²) in [4.78, 5) is 23.2. The molecule has 0 aromatic carbocycles. The fourth-order valence-corrected chi connectivity index (χ4v) is 3.71. The van der Waals surface area contributed by atoms with Crippen LogP contribution < -0.4 is 5.32 Å². The maximum absolute atomic E-state index is 11.9. The molecule has 5 nitrogen and oxygen atoms in total. The number of methoxy groups -OCH3 is 1. The quantitative estimate of drug-likeness (QED) is 0.445. The summed E-state index contributed by atoms with van der Waals surface area (Å²) in [6.45, 7) is 15.0. The first-order valence-electron chi connectivity index (χ1n) is 12.8. The summed E-state index contributed by atoms with van der Waals surface area (Å²) < 4.78 is 10.4. The smallest absolute Gasteiger partial charge is 0.222 e. The number of Topliss-reactive ketones (excluding diaryl/α,β-unsaturated/α-hetero) is 1. The highest BCUT2D eigenvalue weighted by molar-refractivity contribution is 5.78. The summed E-state index contributed by atoms with van der Waals surface area (Å²) in [5.74, 6) is 1.31. The molecular weight excluding hydrogens is 390 g/mol. The molecule has 2 aliphatic carbocycles. The normalized spacial score (nSPS) is 20.8. The van der Waals surface area contributed by atoms with Crippen LogP contribution in [0.2, 0.25) is 0 Å². The van der Waals surface area contributed by atoms with Crippen molar-refractivity contribution in [3.05, 3.63) is 0 Å². The highest BCUT2D eigenvalue weighted by Gasteiger charge is 2.24. The standard InChI is InChI=1S/C18H31NO3.C4H10O.2C2H6/c1-14(20)16-7-9-17(10-8-16)19-18(21)11-12-22-13-15-5-3-2-4-6-15;1-4(2)5-3;2*1-2/h15-17H,2-13H2,1H3,(H,19,21);4H,1-3H3;2*1-2H3. The van der Waals surface area contributed by atoms with E-state index in [1.165, 1.54) is 32.1 Å². The maximum atomic E-state index is 11.9. The fourth-order valence-electron chi connectivity index (χ4n) is 3.71. The van der Waals surface area contributed by atoms with Crippen LogP contribution in [0.5, 0.6) is 0 Å². The topological polar surface area (TPSA) is 64.6 Å². The third kappa shape index (κ3) is 18.3. The summed E-state index contributed by atoms with van der Waals surface area (Å²) in [7, 11) is 1.70. The molecule has 0 radical (unpaired) electrons. The van der Waals surface area contributed by atoms with Crippen molar-refractivity contribution in [1.29, 1.82) is 0 Å². The van der Waals surface area contributed by atoms with E-state index in [1.54, 1.807) is 14.0 Å². The van der Waals surface area contributed by atoms with Gasteiger partial charge in [-0.1, -0.05) is 47.0 Å². The summed E-state index contributed by atoms with van der Waals surface area (Å²) in [5, 5.41) is 3.09. The summed E-state index contributed by atoms with van der Waals surface area (Å²) in [6, 6.07) is 0.251. The predicted octanol–water partition coefficient (Wildman–Crippen LogP) is 6.33. The van der Waals surface area contributed by atoms with Crippen molar-refractivity contribution in [2.75, 3.05) is 20.3 Å². The van der Waals surface area contributed by atoms with Gasteiger partial charge >= 0.3 is 0 Å². The second-order valence-corrected chi connectivity index (χ2v) is 8.34. The van der Waals surface area contributed by atoms with E-state index in [9.17, 15) is 9.59 Å². The molecule has 5 heteroatoms. The lowest BCUT2D eigenvalue weighted by Gasteiger charge is -2.27. The number of ketones is 1. The lowest BCUT2D eigenvalue weighted by Crippen LogP contribution is -2.38. The van der Waals surface area contributed by atoms with Crippen LogP contribution in [-0.2, 0) is 19.1 Å². The third-order valence-corrected chi connectivity index (χ3v) is 5.69. The van der Waals surface area contributed by atoms with Crippen molar-refractivity contribution >= 4 is 11.7 Å². The van der Waals surface area contributed by atoms with Crippen LogP contribution in [0.15, 0.2) is 0 Å². The summed E-state index contributed by atoms with van der Waals surface area (Å²) >= 11 is 0. The van der Waals surface area contributed by atoms with Gasteiger partial charge in [0.2, 0.25) is 5.91 Å². The number of ether oxygens (including phenoxy) is 2. The second-order valence-electron chi connectivity index (χ2n) is 8.34. The molecule has 0 saturated heterocycles. The average Bonchev–Trinajstić information content (AvgIpc) is 2.81. The number of hydrogen-bond donors (Lipinski definition) is 1. The summed E-state index contributed by atoms with van der Waals surface area (Å²) in [6.07, 6.45) is 11.1. The fraction of sp³-hybridized carbons (Fsp3) is 0.923. The highest BCUT2D eigenvalue weighted by atomic mass is 16.5. The Labute approximate surface area is 193 Å². The molecule has 0 bridgehead atoms. The van der Waals surface area contributed by atoms with E-state index in [0.717, 1.165) is 32.3 Å². The number of carbonyl (C=O) groups excluding carboxylic acids is 2. The Morgan fingerprint density at radius 3 is 1.87 bits per heavy atom. The molecule has 0 aliphatic heterocycles. The molecule has 0 heterocycles. The van der Waals surface area contributed by atoms with E-state index in [0.29, 0.717) is 30.8 Å². The van der Waals surface area contributed by atoms with Gasteiger partial charge in [-0.2, -0.15) is 0 Å². The highest BCUT2D eigenvalue weighted by Crippen LogP contribution is 2.25. The zero-order valence-electron chi connectivity index (χ0n) is 21.9. The molecule has 2 rings (SSSR count). The van der Waals surface area contributed by atoms with Crippen molar-refractivity contribution in [3.8, 4) is 0 Å². The Morgan fingerprint density at radius 1 is 0.903 bits per heavy atom. The Balaban J connectivity index is 0. The summed E-state index contributed by atoms with van der Waals surface area (Å²) in [5.41, 5.74) is 0. The Hall–Kier alpha value is -0.940. The lowest BCUT2D eigenvalue weighted by atomic mass is 9.84. The molecule has 31 heavy (non-hydrogen) atoms. The zero-order valence-corrected chi connectivity index (χ0v) is 21.9. The van der Waals surface area contributed by atoms with E-state index in [4.69, 9.17) is 9.47 Å². The number of carbonyl (C=O) groups is 2. The van der Waals surface area contributed by atoms with Gasteiger partial charge in [-0.15, -0.1) is 0 Å². The molecule has 2 aliphatic rings. The molecule has 1 amide bonds. The minimum absolute atomic E-state index is 0.0925. The van der Waals surface area contributed by atoms with Gasteiger partial charge < -0.3 is 14.8 Å².